The molecule has 1 aromatic heterocycles. The van der Waals surface area contributed by atoms with Gasteiger partial charge in [0.15, 0.2) is 29.8 Å². The Morgan fingerprint density at radius 2 is 0.947 bits per heavy atom. The molecule has 5 heterocycles. The Morgan fingerprint density at radius 3 is 1.47 bits per heavy atom. The number of guanidine groups is 5. The van der Waals surface area contributed by atoms with Crippen LogP contribution < -0.4 is 131 Å². The number of carbonyl (C=O) groups is 18. The Balaban J connectivity index is 1.39. The van der Waals surface area contributed by atoms with Gasteiger partial charge in [0.1, 0.15) is 78.5 Å². The van der Waals surface area contributed by atoms with Crippen molar-refractivity contribution in [1.29, 1.82) is 27.0 Å². The molecule has 828 valence electrons. The van der Waals surface area contributed by atoms with Gasteiger partial charge in [-0.15, -0.1) is 0 Å². The van der Waals surface area contributed by atoms with Gasteiger partial charge in [0.05, 0.1) is 26.0 Å². The molecule has 2 aromatic carbocycles. The van der Waals surface area contributed by atoms with Gasteiger partial charge in [0.2, 0.25) is 100 Å². The highest BCUT2D eigenvalue weighted by molar-refractivity contribution is 7.99. The van der Waals surface area contributed by atoms with Crippen LogP contribution in [-0.2, 0) is 99.1 Å². The van der Waals surface area contributed by atoms with Gasteiger partial charge in [-0.2, -0.15) is 35.3 Å². The second-order valence-electron chi connectivity index (χ2n) is 37.4. The molecule has 56 heteroatoms. The zero-order chi connectivity index (χ0) is 110. The van der Waals surface area contributed by atoms with Gasteiger partial charge < -0.3 is 160 Å². The molecule has 4 fully saturated rings. The number of carboxylic acids is 1. The number of aromatic nitrogens is 1. The Morgan fingerprint density at radius 1 is 0.487 bits per heavy atom. The van der Waals surface area contributed by atoms with Gasteiger partial charge >= 0.3 is 5.97 Å². The fourth-order valence-corrected chi connectivity index (χ4v) is 20.0. The number of nitrogens with two attached hydrogens (primary N) is 7. The average molecular weight is 2160 g/mol. The SMILES string of the molecule is CCC(CC)C1NC(=O)[C@H](CCC(N)=O)NC(=O)[C@H](CCCNC(=N)N)NC(=O)[C@@H]2CSCCC(=O)N3CN(CN(C3)C(=O)CCSC[C@H](NC(=O)[C@@H](N)CCCNC(=N)N)C(=O)N[C@@H](Cc3ccccc3)C(=O)N[C@@H](CCCNC(=N)N)C(=O)N[C@@H](CC(C)C)C(=O)N3CCC[C@H]3C(=O)N2)C(=O)CCSC[C@@H](C(=O)N[C@@H](CCCNC(=N)N)C(=O)N[C@@H](Cc2c[nH]c3ccccc23)C(=O)O)NC(=O)[C@H](CCCNC(=N)N)NC1=O. The summed E-state index contributed by atoms with van der Waals surface area (Å²) in [5.74, 6) is -22.0. The number of nitrogens with zero attached hydrogens (tertiary/aromatic N) is 4. The highest BCUT2D eigenvalue weighted by Crippen LogP contribution is 2.26. The summed E-state index contributed by atoms with van der Waals surface area (Å²) >= 11 is 2.86. The molecule has 0 radical (unpaired) electrons. The molecule has 0 saturated carbocycles. The number of H-pyrrole nitrogens is 1. The first kappa shape index (κ1) is 123. The number of aliphatic carboxylic acids is 1. The minimum atomic E-state index is -1.78. The lowest BCUT2D eigenvalue weighted by Gasteiger charge is -2.42. The van der Waals surface area contributed by atoms with Crippen molar-refractivity contribution in [2.45, 2.75) is 254 Å². The third kappa shape index (κ3) is 42.1. The van der Waals surface area contributed by atoms with E-state index in [0.29, 0.717) is 22.0 Å². The number of carbonyl (C=O) groups excluding carboxylic acids is 17. The van der Waals surface area contributed by atoms with Crippen LogP contribution in [0.25, 0.3) is 10.9 Å². The van der Waals surface area contributed by atoms with Gasteiger partial charge in [0, 0.05) is 129 Å². The fourth-order valence-electron chi connectivity index (χ4n) is 17.1. The van der Waals surface area contributed by atoms with Crippen molar-refractivity contribution in [3.05, 3.63) is 71.9 Å². The van der Waals surface area contributed by atoms with Crippen LogP contribution in [0.15, 0.2) is 60.8 Å². The summed E-state index contributed by atoms with van der Waals surface area (Å²) in [6.45, 7) is 5.44. The number of thioether (sulfide) groups is 3. The zero-order valence-electron chi connectivity index (χ0n) is 85.0. The van der Waals surface area contributed by atoms with Crippen LogP contribution in [0.3, 0.4) is 0 Å². The first-order chi connectivity index (χ1) is 71.4. The summed E-state index contributed by atoms with van der Waals surface area (Å²) in [6, 6.07) is -6.62. The molecule has 4 saturated heterocycles. The van der Waals surface area contributed by atoms with E-state index in [4.69, 9.17) is 67.2 Å². The fraction of sp³-hybridized carbons (Fsp3) is 0.606. The van der Waals surface area contributed by atoms with Crippen LogP contribution in [-0.4, -0.2) is 344 Å². The molecule has 4 aliphatic heterocycles. The Bertz CT molecular complexity index is 5180. The maximum Gasteiger partial charge on any atom is 0.326 e. The smallest absolute Gasteiger partial charge is 0.326 e. The van der Waals surface area contributed by atoms with Crippen LogP contribution in [0.4, 0.5) is 0 Å². The number of primary amides is 1. The highest BCUT2D eigenvalue weighted by atomic mass is 32.2. The minimum absolute atomic E-state index is 0.00736. The average Bonchev–Trinajstić information content (AvgIpc) is 1.61. The first-order valence-electron chi connectivity index (χ1n) is 50.2. The molecule has 4 aliphatic rings. The number of hydrogen-bond donors (Lipinski definition) is 31. The molecule has 38 N–H and O–H groups in total. The van der Waals surface area contributed by atoms with Crippen molar-refractivity contribution < 1.29 is 91.4 Å². The van der Waals surface area contributed by atoms with Gasteiger partial charge in [-0.05, 0) is 119 Å². The number of benzene rings is 2. The van der Waals surface area contributed by atoms with Crippen molar-refractivity contribution in [3.8, 4) is 0 Å². The van der Waals surface area contributed by atoms with Crippen molar-refractivity contribution >= 4 is 182 Å². The van der Waals surface area contributed by atoms with E-state index in [1.165, 1.54) is 19.6 Å². The molecule has 7 rings (SSSR count). The number of hydrogen-bond acceptors (Lipinski definition) is 27. The second-order valence-corrected chi connectivity index (χ2v) is 40.8. The Hall–Kier alpha value is -14.2. The lowest BCUT2D eigenvalue weighted by atomic mass is 9.92. The molecule has 17 amide bonds. The monoisotopic (exact) mass is 2160 g/mol. The van der Waals surface area contributed by atoms with E-state index in [0.717, 1.165) is 35.3 Å². The number of para-hydroxylation sites is 1. The quantitative estimate of drug-likeness (QED) is 0.0144. The molecular formula is C94H150N34O19S3. The van der Waals surface area contributed by atoms with E-state index in [-0.39, 0.29) is 190 Å². The van der Waals surface area contributed by atoms with Crippen LogP contribution in [0, 0.1) is 38.9 Å². The second kappa shape index (κ2) is 63.6. The summed E-state index contributed by atoms with van der Waals surface area (Å²) in [4.78, 5) is 277. The van der Waals surface area contributed by atoms with Gasteiger partial charge in [-0.3, -0.25) is 109 Å². The number of amides is 17. The lowest BCUT2D eigenvalue weighted by molar-refractivity contribution is -0.158. The number of carboxylic acid groups (broad SMARTS) is 1. The molecule has 53 nitrogen and oxygen atoms in total. The predicted molar refractivity (Wildman–Crippen MR) is 564 cm³/mol. The predicted octanol–water partition coefficient (Wildman–Crippen LogP) is -5.99. The Labute approximate surface area is 882 Å². The van der Waals surface area contributed by atoms with Crippen molar-refractivity contribution in [2.75, 3.05) is 93.8 Å². The molecule has 150 heavy (non-hydrogen) atoms. The normalized spacial score (nSPS) is 22.2. The topological polar surface area (TPSA) is 862 Å². The molecule has 14 atom stereocenters. The van der Waals surface area contributed by atoms with E-state index >= 15 is 67.1 Å². The molecule has 1 unspecified atom stereocenters. The third-order valence-corrected chi connectivity index (χ3v) is 28.4. The summed E-state index contributed by atoms with van der Waals surface area (Å²) in [6.07, 6.45) is -1.57. The van der Waals surface area contributed by atoms with Crippen molar-refractivity contribution in [3.63, 3.8) is 0 Å². The van der Waals surface area contributed by atoms with Gasteiger partial charge in [-0.1, -0.05) is 89.1 Å². The molecule has 4 bridgehead atoms. The van der Waals surface area contributed by atoms with Crippen LogP contribution >= 0.6 is 35.3 Å². The highest BCUT2D eigenvalue weighted by Gasteiger charge is 2.44. The molecule has 3 aromatic rings. The maximum absolute atomic E-state index is 15.5. The largest absolute Gasteiger partial charge is 0.480 e. The van der Waals surface area contributed by atoms with Gasteiger partial charge in [0.25, 0.3) is 0 Å². The molecule has 0 aliphatic carbocycles. The maximum atomic E-state index is 15.5. The summed E-state index contributed by atoms with van der Waals surface area (Å²) < 4.78 is 0. The zero-order valence-corrected chi connectivity index (χ0v) is 87.5. The minimum Gasteiger partial charge on any atom is -0.480 e. The van der Waals surface area contributed by atoms with Crippen LogP contribution in [0.1, 0.15) is 167 Å². The summed E-state index contributed by atoms with van der Waals surface area (Å²) in [5, 5.41) is 96.1. The van der Waals surface area contributed by atoms with Crippen molar-refractivity contribution in [1.82, 2.24) is 115 Å². The van der Waals surface area contributed by atoms with Crippen LogP contribution in [0.2, 0.25) is 0 Å². The number of aromatic amines is 1. The van der Waals surface area contributed by atoms with E-state index in [1.54, 1.807) is 88.5 Å². The molecular weight excluding hydrogens is 2010 g/mol. The van der Waals surface area contributed by atoms with E-state index < -0.39 is 278 Å². The number of nitrogens with one attached hydrogen (secondary N) is 23. The summed E-state index contributed by atoms with van der Waals surface area (Å²) in [5.41, 5.74) is 42.0. The number of rotatable bonds is 39. The van der Waals surface area contributed by atoms with Gasteiger partial charge in [-0.25, -0.2) is 4.79 Å². The molecule has 0 spiro atoms. The first-order valence-corrected chi connectivity index (χ1v) is 53.7. The van der Waals surface area contributed by atoms with E-state index in [9.17, 15) is 24.3 Å². The van der Waals surface area contributed by atoms with E-state index in [2.05, 4.69) is 95.4 Å². The van der Waals surface area contributed by atoms with Crippen molar-refractivity contribution in [2.24, 2.45) is 52.0 Å². The lowest BCUT2D eigenvalue weighted by Crippen LogP contribution is -2.62. The van der Waals surface area contributed by atoms with Crippen LogP contribution in [0.5, 0.6) is 0 Å². The summed E-state index contributed by atoms with van der Waals surface area (Å²) in [7, 11) is 0. The standard InChI is InChI=1S/C94H150N34O19S3/c1-5-54(6-2)75-87(144)117-62(26-16-37-111-94(105)106)80(137)122-68(83(140)115-61(25-15-36-110-93(103)104)79(136)120-66(89(146)147)44-55-45-112-58-22-11-10-20-56(55)58)47-149-40-31-73(131)126-49-125-50-127(51-126)74(132)32-41-150-48-69(84(141)114-59(23-13-34-108-91(99)100)77(134)116-63(81(138)124-75)28-29-71(96)129)123-86(143)70-27-17-38-128(70)88(145)65(42-52(3)4)119-78(135)60(24-14-35-109-92(101)102)113-82(139)64(43-53-18-8-7-9-19-53)118-85(142)67(46-148-39-30-72(125)130)121-76(133)57(95)21-12-33-107-90(97)98/h7-11,18-20,22,45,52,54,57,59-70,75,112H,5-6,12-17,21,23-44,46-51,95H2,1-4H3,(H2,96,129)(H,113,139)(H,114,141)(H,115,140)(H,116,134)(H,117,144)(H,118,142)(H,119,135)(H,120,136)(H,121,133)(H,122,137)(H,123,143)(H,124,138)(H,146,147)(H4,97,98,107)(H4,99,100,108)(H4,101,102,109)(H4,103,104,110)(H4,105,106,111)/t57-,59-,60-,61-,62-,63-,64-,65-,66-,67-,68-,69-,70-,75?/m0/s1. The Kier molecular flexibility index (Phi) is 52.0. The van der Waals surface area contributed by atoms with E-state index in [1.807, 2.05) is 0 Å². The third-order valence-electron chi connectivity index (χ3n) is 25.2. The number of fused-ring (bicyclic) bond motifs is 9.